The van der Waals surface area contributed by atoms with E-state index in [9.17, 15) is 9.90 Å². The number of aromatic hydroxyl groups is 1. The van der Waals surface area contributed by atoms with Gasteiger partial charge in [0.15, 0.2) is 0 Å². The molecule has 3 atom stereocenters. The number of nitrogens with zero attached hydrogens (tertiary/aromatic N) is 3. The molecule has 4 aliphatic rings. The number of fused-ring (bicyclic) bond motifs is 2. The monoisotopic (exact) mass is 507 g/mol. The van der Waals surface area contributed by atoms with Gasteiger partial charge in [-0.05, 0) is 92.7 Å². The lowest BCUT2D eigenvalue weighted by Gasteiger charge is -2.37. The Morgan fingerprint density at radius 1 is 1.08 bits per heavy atom. The number of likely N-dealkylation sites (tertiary alicyclic amines) is 1. The Morgan fingerprint density at radius 3 is 2.76 bits per heavy atom. The third kappa shape index (κ3) is 4.99. The lowest BCUT2D eigenvalue weighted by molar-refractivity contribution is -0.137. The Balaban J connectivity index is 1.14. The van der Waals surface area contributed by atoms with Gasteiger partial charge < -0.3 is 10.0 Å². The highest BCUT2D eigenvalue weighted by Crippen LogP contribution is 2.37. The summed E-state index contributed by atoms with van der Waals surface area (Å²) in [5, 5.41) is 10.5. The fraction of sp³-hybridized carbons (Fsp3) is 0.424. The van der Waals surface area contributed by atoms with Crippen LogP contribution < -0.4 is 0 Å². The van der Waals surface area contributed by atoms with Crippen molar-refractivity contribution in [2.24, 2.45) is 27.7 Å². The van der Waals surface area contributed by atoms with Gasteiger partial charge in [-0.3, -0.25) is 14.8 Å². The Bertz CT molecular complexity index is 1350. The molecule has 1 saturated heterocycles. The molecule has 0 spiro atoms. The highest BCUT2D eigenvalue weighted by molar-refractivity contribution is 6.12. The molecule has 196 valence electrons. The summed E-state index contributed by atoms with van der Waals surface area (Å²) in [6.07, 6.45) is 11.3. The van der Waals surface area contributed by atoms with Crippen LogP contribution in [-0.4, -0.2) is 47.5 Å². The van der Waals surface area contributed by atoms with Crippen molar-refractivity contribution in [2.45, 2.75) is 51.9 Å². The zero-order valence-corrected chi connectivity index (χ0v) is 22.3. The Morgan fingerprint density at radius 2 is 1.89 bits per heavy atom. The molecule has 2 aromatic rings. The zero-order chi connectivity index (χ0) is 26.1. The molecule has 2 aromatic carbocycles. The molecule has 0 bridgehead atoms. The van der Waals surface area contributed by atoms with Gasteiger partial charge in [-0.2, -0.15) is 0 Å². The maximum absolute atomic E-state index is 13.5. The molecule has 3 heterocycles. The van der Waals surface area contributed by atoms with Crippen molar-refractivity contribution in [3.63, 3.8) is 0 Å². The van der Waals surface area contributed by atoms with Crippen LogP contribution in [0.4, 0.5) is 0 Å². The number of amides is 1. The number of phenolic OH excluding ortho intramolecular Hbond substituents is 1. The Hall–Kier alpha value is -3.47. The van der Waals surface area contributed by atoms with Crippen LogP contribution in [0.3, 0.4) is 0 Å². The maximum Gasteiger partial charge on any atom is 0.226 e. The van der Waals surface area contributed by atoms with Crippen molar-refractivity contribution in [3.8, 4) is 5.75 Å². The van der Waals surface area contributed by atoms with E-state index in [0.717, 1.165) is 80.7 Å². The number of benzene rings is 2. The van der Waals surface area contributed by atoms with Crippen molar-refractivity contribution in [2.75, 3.05) is 19.6 Å². The predicted octanol–water partition coefficient (Wildman–Crippen LogP) is 5.92. The maximum atomic E-state index is 13.5. The minimum absolute atomic E-state index is 0.123. The first-order chi connectivity index (χ1) is 18.6. The third-order valence-corrected chi connectivity index (χ3v) is 8.87. The largest absolute Gasteiger partial charge is 0.507 e. The molecule has 5 nitrogen and oxygen atoms in total. The van der Waals surface area contributed by atoms with E-state index in [4.69, 9.17) is 4.99 Å². The zero-order valence-electron chi connectivity index (χ0n) is 22.3. The highest BCUT2D eigenvalue weighted by atomic mass is 16.3. The second kappa shape index (κ2) is 10.7. The van der Waals surface area contributed by atoms with E-state index in [2.05, 4.69) is 47.2 Å². The summed E-state index contributed by atoms with van der Waals surface area (Å²) in [7, 11) is 0. The van der Waals surface area contributed by atoms with Crippen molar-refractivity contribution < 1.29 is 9.90 Å². The number of phenols is 1. The number of aliphatic imine (C=N–C) groups is 2. The van der Waals surface area contributed by atoms with Crippen LogP contribution in [0.15, 0.2) is 81.4 Å². The minimum atomic E-state index is 0.123. The summed E-state index contributed by atoms with van der Waals surface area (Å²) in [5.74, 6) is 1.46. The van der Waals surface area contributed by atoms with Crippen molar-refractivity contribution in [1.29, 1.82) is 0 Å². The molecule has 5 heteroatoms. The quantitative estimate of drug-likeness (QED) is 0.546. The summed E-state index contributed by atoms with van der Waals surface area (Å²) in [6.45, 7) is 4.57. The number of piperidine rings is 1. The number of aryl methyl sites for hydroxylation is 1. The average Bonchev–Trinajstić information content (AvgIpc) is 2.96. The van der Waals surface area contributed by atoms with Gasteiger partial charge in [0.1, 0.15) is 5.75 Å². The predicted molar refractivity (Wildman–Crippen MR) is 153 cm³/mol. The minimum Gasteiger partial charge on any atom is -0.507 e. The van der Waals surface area contributed by atoms with Gasteiger partial charge in [-0.25, -0.2) is 0 Å². The first-order valence-corrected chi connectivity index (χ1v) is 14.2. The fourth-order valence-corrected chi connectivity index (χ4v) is 6.73. The van der Waals surface area contributed by atoms with Crippen LogP contribution >= 0.6 is 0 Å². The van der Waals surface area contributed by atoms with Crippen LogP contribution in [0.2, 0.25) is 0 Å². The number of dihydropyridines is 2. The van der Waals surface area contributed by atoms with E-state index in [1.54, 1.807) is 6.07 Å². The second-order valence-corrected chi connectivity index (χ2v) is 11.4. The van der Waals surface area contributed by atoms with Crippen molar-refractivity contribution in [3.05, 3.63) is 88.1 Å². The summed E-state index contributed by atoms with van der Waals surface area (Å²) >= 11 is 0. The molecule has 1 amide bonds. The van der Waals surface area contributed by atoms with E-state index < -0.39 is 0 Å². The number of rotatable bonds is 5. The molecule has 3 aliphatic heterocycles. The van der Waals surface area contributed by atoms with Gasteiger partial charge in [0.25, 0.3) is 0 Å². The Labute approximate surface area is 225 Å². The highest BCUT2D eigenvalue weighted by Gasteiger charge is 2.32. The molecular weight excluding hydrogens is 470 g/mol. The van der Waals surface area contributed by atoms with Crippen LogP contribution in [-0.2, 0) is 17.6 Å². The van der Waals surface area contributed by atoms with Gasteiger partial charge in [-0.15, -0.1) is 0 Å². The van der Waals surface area contributed by atoms with Gasteiger partial charge in [0.05, 0.1) is 18.0 Å². The SMILES string of the molecule is CC1=C2N=C(c3ccccc3O)C=C(CCC3CCCN(C(=O)C4CCc5ccccc5C4)C3)C2CN=C1. The van der Waals surface area contributed by atoms with E-state index in [1.807, 2.05) is 24.4 Å². The number of allylic oxidation sites excluding steroid dienone is 2. The summed E-state index contributed by atoms with van der Waals surface area (Å²) in [4.78, 5) is 25.3. The number of carbonyl (C=O) groups is 1. The molecule has 0 aromatic heterocycles. The molecule has 0 radical (unpaired) electrons. The number of hydrogen-bond donors (Lipinski definition) is 1. The molecule has 1 fully saturated rings. The van der Waals surface area contributed by atoms with Crippen LogP contribution in [0.5, 0.6) is 5.75 Å². The molecular formula is C33H37N3O2. The Kier molecular flexibility index (Phi) is 7.01. The molecule has 1 aliphatic carbocycles. The molecule has 6 rings (SSSR count). The smallest absolute Gasteiger partial charge is 0.226 e. The van der Waals surface area contributed by atoms with E-state index >= 15 is 0 Å². The summed E-state index contributed by atoms with van der Waals surface area (Å²) < 4.78 is 0. The number of carbonyl (C=O) groups excluding carboxylic acids is 1. The van der Waals surface area contributed by atoms with Crippen molar-refractivity contribution >= 4 is 17.8 Å². The standard InChI is InChI=1S/C33H37N3O2/c1-22-19-34-20-29-26(18-30(35-32(22)29)28-10-4-5-11-31(28)37)13-12-23-7-6-16-36(21-23)33(38)27-15-14-24-8-2-3-9-25(24)17-27/h2-5,8-11,18-19,23,27,29,37H,6-7,12-17,20-21H2,1H3. The third-order valence-electron chi connectivity index (χ3n) is 8.87. The van der Waals surface area contributed by atoms with E-state index in [0.29, 0.717) is 11.8 Å². The molecule has 3 unspecified atom stereocenters. The van der Waals surface area contributed by atoms with Crippen LogP contribution in [0.1, 0.15) is 55.7 Å². The summed E-state index contributed by atoms with van der Waals surface area (Å²) in [6, 6.07) is 16.0. The van der Waals surface area contributed by atoms with Gasteiger partial charge in [0.2, 0.25) is 5.91 Å². The summed E-state index contributed by atoms with van der Waals surface area (Å²) in [5.41, 5.74) is 7.89. The molecule has 1 N–H and O–H groups in total. The number of para-hydroxylation sites is 1. The van der Waals surface area contributed by atoms with Crippen LogP contribution in [0, 0.1) is 17.8 Å². The van der Waals surface area contributed by atoms with Gasteiger partial charge in [-0.1, -0.05) is 42.0 Å². The normalized spacial score (nSPS) is 24.9. The van der Waals surface area contributed by atoms with E-state index in [1.165, 1.54) is 23.1 Å². The first kappa shape index (κ1) is 24.8. The van der Waals surface area contributed by atoms with E-state index in [-0.39, 0.29) is 17.6 Å². The van der Waals surface area contributed by atoms with Gasteiger partial charge in [0, 0.05) is 36.7 Å². The fourth-order valence-electron chi connectivity index (χ4n) is 6.73. The topological polar surface area (TPSA) is 65.3 Å². The number of hydrogen-bond acceptors (Lipinski definition) is 4. The first-order valence-electron chi connectivity index (χ1n) is 14.2. The molecule has 0 saturated carbocycles. The second-order valence-electron chi connectivity index (χ2n) is 11.4. The van der Waals surface area contributed by atoms with Crippen LogP contribution in [0.25, 0.3) is 0 Å². The average molecular weight is 508 g/mol. The molecule has 38 heavy (non-hydrogen) atoms. The lowest BCUT2D eigenvalue weighted by Crippen LogP contribution is -2.44. The lowest BCUT2D eigenvalue weighted by atomic mass is 9.81. The van der Waals surface area contributed by atoms with Gasteiger partial charge >= 0.3 is 0 Å². The van der Waals surface area contributed by atoms with Crippen molar-refractivity contribution in [1.82, 2.24) is 4.90 Å².